The number of nitrogens with one attached hydrogen (secondary N) is 1. The fourth-order valence-electron chi connectivity index (χ4n) is 1.21. The van der Waals surface area contributed by atoms with Crippen molar-refractivity contribution in [1.29, 1.82) is 0 Å². The Hall–Kier alpha value is -0.910. The van der Waals surface area contributed by atoms with Crippen molar-refractivity contribution >= 4 is 22.9 Å². The standard InChI is InChI=1S/C9H11ClN4S/c1-14-6-12-13-9(14)4-11-3-8-2-7(10)5-15-8/h2,5-6,11H,3-4H2,1H3. The van der Waals surface area contributed by atoms with Crippen LogP contribution in [-0.4, -0.2) is 14.8 Å². The van der Waals surface area contributed by atoms with Crippen LogP contribution in [0.4, 0.5) is 0 Å². The number of nitrogens with zero attached hydrogens (tertiary/aromatic N) is 3. The van der Waals surface area contributed by atoms with Crippen molar-refractivity contribution in [1.82, 2.24) is 20.1 Å². The average Bonchev–Trinajstić information content (AvgIpc) is 2.77. The van der Waals surface area contributed by atoms with Gasteiger partial charge in [-0.2, -0.15) is 0 Å². The van der Waals surface area contributed by atoms with E-state index in [1.165, 1.54) is 4.88 Å². The zero-order chi connectivity index (χ0) is 10.7. The molecule has 1 N–H and O–H groups in total. The van der Waals surface area contributed by atoms with Gasteiger partial charge < -0.3 is 9.88 Å². The van der Waals surface area contributed by atoms with E-state index in [9.17, 15) is 0 Å². The van der Waals surface area contributed by atoms with E-state index in [1.807, 2.05) is 23.1 Å². The van der Waals surface area contributed by atoms with E-state index in [0.29, 0.717) is 6.54 Å². The van der Waals surface area contributed by atoms with Crippen LogP contribution in [0, 0.1) is 0 Å². The van der Waals surface area contributed by atoms with Crippen molar-refractivity contribution in [2.45, 2.75) is 13.1 Å². The third kappa shape index (κ3) is 2.77. The molecule has 0 fully saturated rings. The molecule has 0 spiro atoms. The van der Waals surface area contributed by atoms with E-state index in [4.69, 9.17) is 11.6 Å². The molecule has 0 unspecified atom stereocenters. The zero-order valence-electron chi connectivity index (χ0n) is 8.27. The minimum Gasteiger partial charge on any atom is -0.320 e. The summed E-state index contributed by atoms with van der Waals surface area (Å²) in [6.07, 6.45) is 1.69. The molecule has 0 saturated carbocycles. The highest BCUT2D eigenvalue weighted by Crippen LogP contribution is 2.18. The molecule has 4 nitrogen and oxygen atoms in total. The maximum Gasteiger partial charge on any atom is 0.146 e. The predicted molar refractivity (Wildman–Crippen MR) is 60.9 cm³/mol. The molecule has 0 radical (unpaired) electrons. The van der Waals surface area contributed by atoms with Gasteiger partial charge in [0.2, 0.25) is 0 Å². The monoisotopic (exact) mass is 242 g/mol. The van der Waals surface area contributed by atoms with Crippen LogP contribution in [0.3, 0.4) is 0 Å². The minimum absolute atomic E-state index is 0.714. The predicted octanol–water partition coefficient (Wildman–Crippen LogP) is 1.82. The van der Waals surface area contributed by atoms with E-state index in [0.717, 1.165) is 17.4 Å². The van der Waals surface area contributed by atoms with Crippen LogP contribution in [0.5, 0.6) is 0 Å². The maximum absolute atomic E-state index is 5.82. The molecule has 0 saturated heterocycles. The van der Waals surface area contributed by atoms with Crippen LogP contribution in [0.2, 0.25) is 5.02 Å². The Labute approximate surface area is 96.9 Å². The Kier molecular flexibility index (Phi) is 3.35. The highest BCUT2D eigenvalue weighted by Gasteiger charge is 2.01. The summed E-state index contributed by atoms with van der Waals surface area (Å²) in [4.78, 5) is 1.22. The van der Waals surface area contributed by atoms with Gasteiger partial charge in [0.05, 0.1) is 11.6 Å². The Balaban J connectivity index is 1.83. The zero-order valence-corrected chi connectivity index (χ0v) is 9.85. The molecule has 2 aromatic heterocycles. The summed E-state index contributed by atoms with van der Waals surface area (Å²) in [5.41, 5.74) is 0. The van der Waals surface area contributed by atoms with Gasteiger partial charge in [-0.1, -0.05) is 11.6 Å². The van der Waals surface area contributed by atoms with E-state index in [-0.39, 0.29) is 0 Å². The van der Waals surface area contributed by atoms with Crippen LogP contribution in [0.15, 0.2) is 17.8 Å². The lowest BCUT2D eigenvalue weighted by Gasteiger charge is -2.01. The fourth-order valence-corrected chi connectivity index (χ4v) is 2.25. The maximum atomic E-state index is 5.82. The van der Waals surface area contributed by atoms with Gasteiger partial charge in [-0.05, 0) is 6.07 Å². The first kappa shape index (κ1) is 10.6. The quantitative estimate of drug-likeness (QED) is 0.890. The second kappa shape index (κ2) is 4.74. The molecule has 0 amide bonds. The minimum atomic E-state index is 0.714. The summed E-state index contributed by atoms with van der Waals surface area (Å²) in [6, 6.07) is 1.97. The molecule has 6 heteroatoms. The topological polar surface area (TPSA) is 42.7 Å². The van der Waals surface area contributed by atoms with Crippen molar-refractivity contribution < 1.29 is 0 Å². The van der Waals surface area contributed by atoms with Gasteiger partial charge in [-0.25, -0.2) is 0 Å². The molecule has 0 aromatic carbocycles. The molecule has 15 heavy (non-hydrogen) atoms. The van der Waals surface area contributed by atoms with E-state index >= 15 is 0 Å². The Morgan fingerprint density at radius 1 is 1.53 bits per heavy atom. The van der Waals surface area contributed by atoms with Gasteiger partial charge in [0.1, 0.15) is 12.2 Å². The molecule has 2 rings (SSSR count). The number of thiophene rings is 1. The molecule has 0 aliphatic carbocycles. The summed E-state index contributed by atoms with van der Waals surface area (Å²) in [5, 5.41) is 13.8. The molecule has 0 atom stereocenters. The lowest BCUT2D eigenvalue weighted by Crippen LogP contribution is -2.14. The summed E-state index contributed by atoms with van der Waals surface area (Å²) in [7, 11) is 1.93. The fraction of sp³-hybridized carbons (Fsp3) is 0.333. The molecule has 0 bridgehead atoms. The SMILES string of the molecule is Cn1cnnc1CNCc1cc(Cl)cs1. The first-order valence-corrected chi connectivity index (χ1v) is 5.78. The Morgan fingerprint density at radius 3 is 3.00 bits per heavy atom. The molecule has 2 aromatic rings. The lowest BCUT2D eigenvalue weighted by molar-refractivity contribution is 0.642. The van der Waals surface area contributed by atoms with Crippen molar-refractivity contribution in [3.63, 3.8) is 0 Å². The van der Waals surface area contributed by atoms with Crippen molar-refractivity contribution in [2.24, 2.45) is 7.05 Å². The Bertz CT molecular complexity index is 437. The van der Waals surface area contributed by atoms with Crippen LogP contribution in [0.25, 0.3) is 0 Å². The number of aromatic nitrogens is 3. The number of hydrogen-bond donors (Lipinski definition) is 1. The number of hydrogen-bond acceptors (Lipinski definition) is 4. The summed E-state index contributed by atoms with van der Waals surface area (Å²) < 4.78 is 1.90. The van der Waals surface area contributed by atoms with Gasteiger partial charge in [-0.3, -0.25) is 0 Å². The van der Waals surface area contributed by atoms with Gasteiger partial charge in [0, 0.05) is 23.8 Å². The number of rotatable bonds is 4. The van der Waals surface area contributed by atoms with Crippen molar-refractivity contribution in [3.05, 3.63) is 33.5 Å². The van der Waals surface area contributed by atoms with Crippen LogP contribution >= 0.6 is 22.9 Å². The first-order valence-electron chi connectivity index (χ1n) is 4.52. The molecule has 0 aliphatic rings. The number of aryl methyl sites for hydroxylation is 1. The van der Waals surface area contributed by atoms with Gasteiger partial charge in [0.15, 0.2) is 0 Å². The largest absolute Gasteiger partial charge is 0.320 e. The third-order valence-corrected chi connectivity index (χ3v) is 3.29. The van der Waals surface area contributed by atoms with Crippen molar-refractivity contribution in [2.75, 3.05) is 0 Å². The molecular formula is C9H11ClN4S. The number of halogens is 1. The van der Waals surface area contributed by atoms with Gasteiger partial charge >= 0.3 is 0 Å². The summed E-state index contributed by atoms with van der Waals surface area (Å²) in [6.45, 7) is 1.52. The van der Waals surface area contributed by atoms with E-state index in [1.54, 1.807) is 17.7 Å². The smallest absolute Gasteiger partial charge is 0.146 e. The molecule has 2 heterocycles. The summed E-state index contributed by atoms with van der Waals surface area (Å²) >= 11 is 7.47. The van der Waals surface area contributed by atoms with Crippen molar-refractivity contribution in [3.8, 4) is 0 Å². The summed E-state index contributed by atoms with van der Waals surface area (Å²) in [5.74, 6) is 0.928. The third-order valence-electron chi connectivity index (χ3n) is 2.01. The van der Waals surface area contributed by atoms with E-state index in [2.05, 4.69) is 15.5 Å². The highest BCUT2D eigenvalue weighted by atomic mass is 35.5. The Morgan fingerprint density at radius 2 is 2.40 bits per heavy atom. The van der Waals surface area contributed by atoms with Crippen LogP contribution in [0.1, 0.15) is 10.7 Å². The second-order valence-electron chi connectivity index (χ2n) is 3.19. The normalized spacial score (nSPS) is 10.8. The lowest BCUT2D eigenvalue weighted by atomic mass is 10.4. The highest BCUT2D eigenvalue weighted by molar-refractivity contribution is 7.10. The van der Waals surface area contributed by atoms with E-state index < -0.39 is 0 Å². The molecule has 80 valence electrons. The van der Waals surface area contributed by atoms with Gasteiger partial charge in [-0.15, -0.1) is 21.5 Å². The first-order chi connectivity index (χ1) is 7.25. The average molecular weight is 243 g/mol. The van der Waals surface area contributed by atoms with Gasteiger partial charge in [0.25, 0.3) is 0 Å². The molecule has 0 aliphatic heterocycles. The molecular weight excluding hydrogens is 232 g/mol. The van der Waals surface area contributed by atoms with Crippen LogP contribution in [-0.2, 0) is 20.1 Å². The second-order valence-corrected chi connectivity index (χ2v) is 4.63. The van der Waals surface area contributed by atoms with Crippen LogP contribution < -0.4 is 5.32 Å².